The molecule has 3 rings (SSSR count). The average molecular weight is 347 g/mol. The zero-order valence-electron chi connectivity index (χ0n) is 13.5. The molecule has 1 N–H and O–H groups in total. The Morgan fingerprint density at radius 3 is 2.60 bits per heavy atom. The number of fused-ring (bicyclic) bond motifs is 1. The van der Waals surface area contributed by atoms with Gasteiger partial charge >= 0.3 is 6.61 Å². The molecule has 2 aromatic heterocycles. The van der Waals surface area contributed by atoms with Crippen molar-refractivity contribution in [2.45, 2.75) is 26.5 Å². The normalized spacial score (nSPS) is 12.4. The summed E-state index contributed by atoms with van der Waals surface area (Å²) >= 11 is 0. The maximum Gasteiger partial charge on any atom is 0.387 e. The molecule has 7 nitrogen and oxygen atoms in total. The van der Waals surface area contributed by atoms with Crippen molar-refractivity contribution in [1.29, 1.82) is 0 Å². The molecule has 0 aliphatic heterocycles. The van der Waals surface area contributed by atoms with Gasteiger partial charge in [-0.2, -0.15) is 13.8 Å². The Bertz CT molecular complexity index is 895. The highest BCUT2D eigenvalue weighted by Crippen LogP contribution is 2.19. The van der Waals surface area contributed by atoms with E-state index < -0.39 is 12.5 Å². The Hall–Kier alpha value is -3.10. The van der Waals surface area contributed by atoms with Gasteiger partial charge in [0.2, 0.25) is 5.82 Å². The van der Waals surface area contributed by atoms with Gasteiger partial charge in [-0.25, -0.2) is 9.50 Å². The highest BCUT2D eigenvalue weighted by molar-refractivity contribution is 5.91. The number of aryl methyl sites for hydroxylation is 1. The van der Waals surface area contributed by atoms with Gasteiger partial charge in [-0.3, -0.25) is 4.79 Å². The first kappa shape index (κ1) is 16.7. The Morgan fingerprint density at radius 1 is 1.24 bits per heavy atom. The van der Waals surface area contributed by atoms with E-state index in [-0.39, 0.29) is 17.6 Å². The van der Waals surface area contributed by atoms with E-state index in [1.54, 1.807) is 31.3 Å². The van der Waals surface area contributed by atoms with Crippen LogP contribution in [-0.2, 0) is 0 Å². The number of carbonyl (C=O) groups excluding carboxylic acids is 1. The van der Waals surface area contributed by atoms with Crippen molar-refractivity contribution >= 4 is 11.7 Å². The van der Waals surface area contributed by atoms with Crippen LogP contribution in [0.2, 0.25) is 0 Å². The lowest BCUT2D eigenvalue weighted by atomic mass is 10.1. The Balaban J connectivity index is 1.72. The van der Waals surface area contributed by atoms with Crippen LogP contribution in [0.1, 0.15) is 34.8 Å². The number of rotatable bonds is 5. The van der Waals surface area contributed by atoms with Crippen LogP contribution in [0.15, 0.2) is 36.5 Å². The SMILES string of the molecule is Cc1ccnc2nc(C(=O)NC(C)c3ccc(OC(F)F)cc3)nn12. The second kappa shape index (κ2) is 6.80. The van der Waals surface area contributed by atoms with E-state index in [0.717, 1.165) is 11.3 Å². The van der Waals surface area contributed by atoms with Gasteiger partial charge in [-0.1, -0.05) is 12.1 Å². The number of aromatic nitrogens is 4. The predicted octanol–water partition coefficient (Wildman–Crippen LogP) is 2.53. The number of benzene rings is 1. The minimum absolute atomic E-state index is 0.00584. The summed E-state index contributed by atoms with van der Waals surface area (Å²) in [6, 6.07) is 7.43. The molecular weight excluding hydrogens is 332 g/mol. The van der Waals surface area contributed by atoms with E-state index in [2.05, 4.69) is 25.1 Å². The number of nitrogens with zero attached hydrogens (tertiary/aromatic N) is 4. The van der Waals surface area contributed by atoms with Crippen molar-refractivity contribution in [1.82, 2.24) is 24.9 Å². The van der Waals surface area contributed by atoms with Gasteiger partial charge in [0.05, 0.1) is 6.04 Å². The van der Waals surface area contributed by atoms with Crippen molar-refractivity contribution < 1.29 is 18.3 Å². The molecule has 2 heterocycles. The molecule has 130 valence electrons. The maximum absolute atomic E-state index is 12.3. The molecule has 0 spiro atoms. The fourth-order valence-electron chi connectivity index (χ4n) is 2.29. The van der Waals surface area contributed by atoms with Crippen LogP contribution >= 0.6 is 0 Å². The van der Waals surface area contributed by atoms with Crippen molar-refractivity contribution in [2.24, 2.45) is 0 Å². The topological polar surface area (TPSA) is 81.4 Å². The van der Waals surface area contributed by atoms with E-state index in [1.165, 1.54) is 16.6 Å². The predicted molar refractivity (Wildman–Crippen MR) is 84.5 cm³/mol. The van der Waals surface area contributed by atoms with E-state index >= 15 is 0 Å². The standard InChI is InChI=1S/C16H15F2N5O2/c1-9-7-8-19-16-21-13(22-23(9)16)14(24)20-10(2)11-3-5-12(6-4-11)25-15(17)18/h3-8,10,15H,1-2H3,(H,20,24). The van der Waals surface area contributed by atoms with Crippen LogP contribution in [-0.4, -0.2) is 32.1 Å². The summed E-state index contributed by atoms with van der Waals surface area (Å²) in [5.74, 6) is -0.0521. The first-order valence-corrected chi connectivity index (χ1v) is 7.48. The molecule has 0 aliphatic rings. The van der Waals surface area contributed by atoms with Crippen LogP contribution in [0.5, 0.6) is 5.75 Å². The number of carbonyl (C=O) groups is 1. The number of hydrogen-bond acceptors (Lipinski definition) is 5. The molecule has 0 saturated carbocycles. The van der Waals surface area contributed by atoms with Crippen molar-refractivity contribution in [3.63, 3.8) is 0 Å². The Morgan fingerprint density at radius 2 is 1.96 bits per heavy atom. The highest BCUT2D eigenvalue weighted by Gasteiger charge is 2.17. The van der Waals surface area contributed by atoms with Crippen LogP contribution in [0.3, 0.4) is 0 Å². The molecule has 1 atom stereocenters. The summed E-state index contributed by atoms with van der Waals surface area (Å²) in [6.07, 6.45) is 1.59. The first-order valence-electron chi connectivity index (χ1n) is 7.48. The molecular formula is C16H15F2N5O2. The number of nitrogens with one attached hydrogen (secondary N) is 1. The molecule has 0 fully saturated rings. The third kappa shape index (κ3) is 3.70. The molecule has 25 heavy (non-hydrogen) atoms. The second-order valence-corrected chi connectivity index (χ2v) is 5.38. The summed E-state index contributed by atoms with van der Waals surface area (Å²) < 4.78 is 30.1. The molecule has 3 aromatic rings. The first-order chi connectivity index (χ1) is 11.9. The summed E-state index contributed by atoms with van der Waals surface area (Å²) in [7, 11) is 0. The molecule has 0 bridgehead atoms. The number of alkyl halides is 2. The highest BCUT2D eigenvalue weighted by atomic mass is 19.3. The lowest BCUT2D eigenvalue weighted by Gasteiger charge is -2.13. The van der Waals surface area contributed by atoms with E-state index in [1.807, 2.05) is 6.92 Å². The second-order valence-electron chi connectivity index (χ2n) is 5.38. The van der Waals surface area contributed by atoms with Gasteiger partial charge < -0.3 is 10.1 Å². The molecule has 9 heteroatoms. The largest absolute Gasteiger partial charge is 0.435 e. The summed E-state index contributed by atoms with van der Waals surface area (Å²) in [5.41, 5.74) is 1.53. The smallest absolute Gasteiger partial charge is 0.387 e. The third-order valence-electron chi connectivity index (χ3n) is 3.59. The Kier molecular flexibility index (Phi) is 4.55. The van der Waals surface area contributed by atoms with Crippen molar-refractivity contribution in [2.75, 3.05) is 0 Å². The van der Waals surface area contributed by atoms with E-state index in [4.69, 9.17) is 0 Å². The van der Waals surface area contributed by atoms with Crippen LogP contribution in [0.25, 0.3) is 5.78 Å². The van der Waals surface area contributed by atoms with Gasteiger partial charge in [0, 0.05) is 11.9 Å². The third-order valence-corrected chi connectivity index (χ3v) is 3.59. The van der Waals surface area contributed by atoms with Gasteiger partial charge in [0.25, 0.3) is 11.7 Å². The quantitative estimate of drug-likeness (QED) is 0.767. The number of halogens is 2. The lowest BCUT2D eigenvalue weighted by Crippen LogP contribution is -2.27. The van der Waals surface area contributed by atoms with Gasteiger partial charge in [0.15, 0.2) is 0 Å². The Labute approximate surface area is 141 Å². The molecule has 0 aliphatic carbocycles. The number of amides is 1. The maximum atomic E-state index is 12.3. The molecule has 0 saturated heterocycles. The monoisotopic (exact) mass is 347 g/mol. The van der Waals surface area contributed by atoms with E-state index in [0.29, 0.717) is 5.78 Å². The van der Waals surface area contributed by atoms with Gasteiger partial charge in [-0.15, -0.1) is 5.10 Å². The molecule has 1 unspecified atom stereocenters. The molecule has 1 aromatic carbocycles. The van der Waals surface area contributed by atoms with Crippen molar-refractivity contribution in [3.05, 3.63) is 53.6 Å². The average Bonchev–Trinajstić information content (AvgIpc) is 3.01. The molecule has 1 amide bonds. The minimum Gasteiger partial charge on any atom is -0.435 e. The molecule has 0 radical (unpaired) electrons. The summed E-state index contributed by atoms with van der Waals surface area (Å²) in [6.45, 7) is 0.720. The fraction of sp³-hybridized carbons (Fsp3) is 0.250. The number of hydrogen-bond donors (Lipinski definition) is 1. The zero-order valence-corrected chi connectivity index (χ0v) is 13.5. The summed E-state index contributed by atoms with van der Waals surface area (Å²) in [4.78, 5) is 20.5. The van der Waals surface area contributed by atoms with Crippen LogP contribution < -0.4 is 10.1 Å². The van der Waals surface area contributed by atoms with Crippen LogP contribution in [0, 0.1) is 6.92 Å². The lowest BCUT2D eigenvalue weighted by molar-refractivity contribution is -0.0498. The zero-order chi connectivity index (χ0) is 18.0. The van der Waals surface area contributed by atoms with E-state index in [9.17, 15) is 13.6 Å². The van der Waals surface area contributed by atoms with Crippen LogP contribution in [0.4, 0.5) is 8.78 Å². The summed E-state index contributed by atoms with van der Waals surface area (Å²) in [5, 5.41) is 6.89. The minimum atomic E-state index is -2.87. The van der Waals surface area contributed by atoms with Gasteiger partial charge in [0.1, 0.15) is 5.75 Å². The van der Waals surface area contributed by atoms with Gasteiger partial charge in [-0.05, 0) is 37.6 Å². The number of ether oxygens (including phenoxy) is 1. The fourth-order valence-corrected chi connectivity index (χ4v) is 2.29. The van der Waals surface area contributed by atoms with Crippen molar-refractivity contribution in [3.8, 4) is 5.75 Å².